The monoisotopic (exact) mass is 323 g/mol. The van der Waals surface area contributed by atoms with Crippen LogP contribution in [0.25, 0.3) is 6.08 Å². The molecular formula is C21H25NO2. The van der Waals surface area contributed by atoms with Crippen LogP contribution in [0.2, 0.25) is 0 Å². The Balaban J connectivity index is 0.000000420. The average molecular weight is 323 g/mol. The van der Waals surface area contributed by atoms with Gasteiger partial charge in [-0.2, -0.15) is 0 Å². The van der Waals surface area contributed by atoms with E-state index in [4.69, 9.17) is 6.42 Å². The number of hydrogen-bond acceptors (Lipinski definition) is 2. The predicted octanol–water partition coefficient (Wildman–Crippen LogP) is 6.02. The van der Waals surface area contributed by atoms with Crippen LogP contribution in [-0.4, -0.2) is 4.92 Å². The van der Waals surface area contributed by atoms with Crippen LogP contribution in [0.3, 0.4) is 0 Å². The van der Waals surface area contributed by atoms with Crippen LogP contribution in [0, 0.1) is 29.4 Å². The molecule has 0 atom stereocenters. The van der Waals surface area contributed by atoms with Crippen molar-refractivity contribution in [1.82, 2.24) is 0 Å². The van der Waals surface area contributed by atoms with Gasteiger partial charge in [-0.05, 0) is 36.6 Å². The summed E-state index contributed by atoms with van der Waals surface area (Å²) < 4.78 is 0. The van der Waals surface area contributed by atoms with Gasteiger partial charge in [0.05, 0.1) is 4.92 Å². The van der Waals surface area contributed by atoms with Crippen molar-refractivity contribution in [1.29, 1.82) is 0 Å². The van der Waals surface area contributed by atoms with E-state index in [9.17, 15) is 10.1 Å². The molecule has 0 fully saturated rings. The second-order valence-electron chi connectivity index (χ2n) is 4.68. The topological polar surface area (TPSA) is 43.1 Å². The number of rotatable bonds is 3. The van der Waals surface area contributed by atoms with Crippen molar-refractivity contribution in [2.24, 2.45) is 0 Å². The van der Waals surface area contributed by atoms with Crippen LogP contribution >= 0.6 is 0 Å². The summed E-state index contributed by atoms with van der Waals surface area (Å²) in [6.45, 7) is 8.05. The maximum absolute atomic E-state index is 10.4. The highest BCUT2D eigenvalue weighted by Gasteiger charge is 2.02. The van der Waals surface area contributed by atoms with Gasteiger partial charge in [0.15, 0.2) is 0 Å². The Morgan fingerprint density at radius 1 is 1.17 bits per heavy atom. The van der Waals surface area contributed by atoms with Crippen molar-refractivity contribution < 1.29 is 4.92 Å². The molecule has 0 heterocycles. The van der Waals surface area contributed by atoms with Crippen LogP contribution in [0.15, 0.2) is 54.6 Å². The zero-order valence-corrected chi connectivity index (χ0v) is 14.8. The molecule has 0 unspecified atom stereocenters. The summed E-state index contributed by atoms with van der Waals surface area (Å²) in [6, 6.07) is 14.5. The Kier molecular flexibility index (Phi) is 11.2. The van der Waals surface area contributed by atoms with E-state index in [1.807, 2.05) is 70.2 Å². The Morgan fingerprint density at radius 3 is 2.33 bits per heavy atom. The highest BCUT2D eigenvalue weighted by Crippen LogP contribution is 2.14. The highest BCUT2D eigenvalue weighted by atomic mass is 16.6. The minimum absolute atomic E-state index is 0.137. The summed E-state index contributed by atoms with van der Waals surface area (Å²) in [5.41, 5.74) is 3.18. The molecule has 0 N–H and O–H groups in total. The van der Waals surface area contributed by atoms with Crippen molar-refractivity contribution in [2.45, 2.75) is 34.1 Å². The lowest BCUT2D eigenvalue weighted by atomic mass is 10.1. The third-order valence-electron chi connectivity index (χ3n) is 2.81. The molecule has 126 valence electrons. The summed E-state index contributed by atoms with van der Waals surface area (Å²) in [7, 11) is 0. The fourth-order valence-corrected chi connectivity index (χ4v) is 1.73. The van der Waals surface area contributed by atoms with E-state index in [1.54, 1.807) is 12.1 Å². The van der Waals surface area contributed by atoms with Gasteiger partial charge in [0.2, 0.25) is 0 Å². The molecule has 2 aromatic rings. The molecule has 24 heavy (non-hydrogen) atoms. The van der Waals surface area contributed by atoms with Crippen molar-refractivity contribution in [3.8, 4) is 12.3 Å². The fourth-order valence-electron chi connectivity index (χ4n) is 1.73. The molecule has 0 radical (unpaired) electrons. The second kappa shape index (κ2) is 12.7. The summed E-state index contributed by atoms with van der Waals surface area (Å²) in [5, 5.41) is 10.4. The third-order valence-corrected chi connectivity index (χ3v) is 2.81. The molecular weight excluding hydrogens is 298 g/mol. The predicted molar refractivity (Wildman–Crippen MR) is 103 cm³/mol. The summed E-state index contributed by atoms with van der Waals surface area (Å²) in [4.78, 5) is 10.0. The van der Waals surface area contributed by atoms with Gasteiger partial charge in [-0.25, -0.2) is 0 Å². The molecule has 3 nitrogen and oxygen atoms in total. The van der Waals surface area contributed by atoms with Gasteiger partial charge < -0.3 is 0 Å². The molecule has 0 saturated carbocycles. The molecule has 0 aromatic heterocycles. The minimum atomic E-state index is -0.386. The summed E-state index contributed by atoms with van der Waals surface area (Å²) >= 11 is 0. The molecule has 0 aliphatic rings. The fraction of sp³-hybridized carbons (Fsp3) is 0.238. The van der Waals surface area contributed by atoms with E-state index in [0.29, 0.717) is 0 Å². The second-order valence-corrected chi connectivity index (χ2v) is 4.68. The average Bonchev–Trinajstić information content (AvgIpc) is 2.62. The zero-order valence-electron chi connectivity index (χ0n) is 14.8. The lowest BCUT2D eigenvalue weighted by Gasteiger charge is -1.93. The molecule has 0 aliphatic carbocycles. The van der Waals surface area contributed by atoms with Crippen LogP contribution in [-0.2, 0) is 0 Å². The number of terminal acetylenes is 1. The first-order chi connectivity index (χ1) is 11.6. The Hall–Kier alpha value is -2.86. The first-order valence-corrected chi connectivity index (χ1v) is 8.01. The number of benzene rings is 2. The lowest BCUT2D eigenvalue weighted by Crippen LogP contribution is -1.87. The molecule has 0 saturated heterocycles. The molecule has 0 bridgehead atoms. The number of aryl methyl sites for hydroxylation is 1. The van der Waals surface area contributed by atoms with Gasteiger partial charge >= 0.3 is 0 Å². The molecule has 2 rings (SSSR count). The van der Waals surface area contributed by atoms with Crippen molar-refractivity contribution in [3.05, 3.63) is 81.4 Å². The Morgan fingerprint density at radius 2 is 1.83 bits per heavy atom. The lowest BCUT2D eigenvalue weighted by molar-refractivity contribution is -0.384. The van der Waals surface area contributed by atoms with Gasteiger partial charge in [0, 0.05) is 17.7 Å². The number of nitro groups is 1. The number of nitrogens with zero attached hydrogens (tertiary/aromatic N) is 1. The standard InChI is InChI=1S/C10H11NO2.C9H8.C2H6/c1-2-3-5-9-6-4-7-10(8-9)11(12)13;1-3-9-6-4-5-8(2)7-9;1-2/h3-8H,2H2,1H3;1,4-7H,2H3;1-2H3/b5-3-;;. The number of nitro benzene ring substituents is 1. The third kappa shape index (κ3) is 8.55. The van der Waals surface area contributed by atoms with Gasteiger partial charge in [-0.15, -0.1) is 6.42 Å². The van der Waals surface area contributed by atoms with Gasteiger partial charge in [-0.1, -0.05) is 63.1 Å². The SMILES string of the molecule is C#Cc1cccc(C)c1.CC.CC/C=C\c1cccc([N+](=O)[O-])c1. The van der Waals surface area contributed by atoms with E-state index in [0.717, 1.165) is 17.5 Å². The summed E-state index contributed by atoms with van der Waals surface area (Å²) in [5.74, 6) is 2.57. The van der Waals surface area contributed by atoms with Crippen molar-refractivity contribution in [2.75, 3.05) is 0 Å². The zero-order chi connectivity index (χ0) is 18.4. The van der Waals surface area contributed by atoms with Crippen LogP contribution in [0.1, 0.15) is 43.9 Å². The van der Waals surface area contributed by atoms with E-state index < -0.39 is 0 Å². The van der Waals surface area contributed by atoms with Crippen molar-refractivity contribution in [3.63, 3.8) is 0 Å². The van der Waals surface area contributed by atoms with Crippen LogP contribution < -0.4 is 0 Å². The number of hydrogen-bond donors (Lipinski definition) is 0. The number of non-ortho nitro benzene ring substituents is 1. The molecule has 2 aromatic carbocycles. The van der Waals surface area contributed by atoms with Gasteiger partial charge in [0.1, 0.15) is 0 Å². The molecule has 0 aliphatic heterocycles. The normalized spacial score (nSPS) is 9.12. The Labute approximate surface area is 145 Å². The largest absolute Gasteiger partial charge is 0.270 e. The van der Waals surface area contributed by atoms with Gasteiger partial charge in [-0.3, -0.25) is 10.1 Å². The maximum Gasteiger partial charge on any atom is 0.270 e. The van der Waals surface area contributed by atoms with Crippen LogP contribution in [0.5, 0.6) is 0 Å². The summed E-state index contributed by atoms with van der Waals surface area (Å²) in [6.07, 6.45) is 9.96. The smallest absolute Gasteiger partial charge is 0.258 e. The molecule has 0 spiro atoms. The maximum atomic E-state index is 10.4. The molecule has 0 amide bonds. The van der Waals surface area contributed by atoms with Crippen molar-refractivity contribution >= 4 is 11.8 Å². The van der Waals surface area contributed by atoms with E-state index >= 15 is 0 Å². The Bertz CT molecular complexity index is 697. The molecule has 3 heteroatoms. The van der Waals surface area contributed by atoms with Crippen LogP contribution in [0.4, 0.5) is 5.69 Å². The van der Waals surface area contributed by atoms with E-state index in [2.05, 4.69) is 5.92 Å². The highest BCUT2D eigenvalue weighted by molar-refractivity contribution is 5.53. The first-order valence-electron chi connectivity index (χ1n) is 8.01. The van der Waals surface area contributed by atoms with Gasteiger partial charge in [0.25, 0.3) is 5.69 Å². The minimum Gasteiger partial charge on any atom is -0.258 e. The first kappa shape index (κ1) is 21.1. The number of allylic oxidation sites excluding steroid dienone is 1. The van der Waals surface area contributed by atoms with E-state index in [1.165, 1.54) is 11.6 Å². The van der Waals surface area contributed by atoms with E-state index in [-0.39, 0.29) is 10.6 Å². The quantitative estimate of drug-likeness (QED) is 0.394.